The van der Waals surface area contributed by atoms with Gasteiger partial charge >= 0.3 is 5.25 Å². The van der Waals surface area contributed by atoms with Crippen LogP contribution in [0.2, 0.25) is 5.02 Å². The molecule has 1 aromatic heterocycles. The summed E-state index contributed by atoms with van der Waals surface area (Å²) in [6, 6.07) is 8.47. The number of benzene rings is 1. The molecule has 22 heavy (non-hydrogen) atoms. The Balaban J connectivity index is 2.48. The van der Waals surface area contributed by atoms with Gasteiger partial charge in [-0.15, -0.1) is 0 Å². The van der Waals surface area contributed by atoms with Gasteiger partial charge < -0.3 is 4.98 Å². The number of nitrogens with one attached hydrogen (secondary N) is 1. The van der Waals surface area contributed by atoms with E-state index in [4.69, 9.17) is 11.6 Å². The summed E-state index contributed by atoms with van der Waals surface area (Å²) in [7, 11) is 0. The fourth-order valence-corrected chi connectivity index (χ4v) is 3.38. The number of rotatable bonds is 4. The lowest BCUT2D eigenvalue weighted by Gasteiger charge is -2.14. The van der Waals surface area contributed by atoms with Crippen LogP contribution in [-0.2, 0) is 0 Å². The average molecular weight is 475 g/mol. The molecule has 0 bridgehead atoms. The number of nitrogens with zero attached hydrogens (tertiary/aromatic N) is 1. The van der Waals surface area contributed by atoms with Crippen LogP contribution < -0.4 is 0 Å². The minimum Gasteiger partial charge on any atom is -0.347 e. The summed E-state index contributed by atoms with van der Waals surface area (Å²) in [5, 5.41) is 3.51. The van der Waals surface area contributed by atoms with Crippen molar-refractivity contribution in [2.45, 2.75) is 15.4 Å². The average Bonchev–Trinajstić information content (AvgIpc) is 2.75. The van der Waals surface area contributed by atoms with E-state index in [1.807, 2.05) is 6.07 Å². The van der Waals surface area contributed by atoms with E-state index in [9.17, 15) is 18.4 Å². The summed E-state index contributed by atoms with van der Waals surface area (Å²) in [5.41, 5.74) is 1.12. The first-order chi connectivity index (χ1) is 10.3. The maximum atomic E-state index is 13.5. The van der Waals surface area contributed by atoms with E-state index >= 15 is 0 Å². The molecular weight excluding hydrogens is 468 g/mol. The molecule has 0 radical (unpaired) electrons. The molecule has 2 rings (SSSR count). The quantitative estimate of drug-likeness (QED) is 0.415. The molecule has 0 saturated carbocycles. The minimum absolute atomic E-state index is 0.00602. The summed E-state index contributed by atoms with van der Waals surface area (Å²) in [6.45, 7) is 0. The van der Waals surface area contributed by atoms with Crippen LogP contribution in [0.4, 0.5) is 13.2 Å². The van der Waals surface area contributed by atoms with Crippen LogP contribution in [0.1, 0.15) is 5.56 Å². The van der Waals surface area contributed by atoms with Gasteiger partial charge in [-0.3, -0.25) is 0 Å². The van der Waals surface area contributed by atoms with Crippen LogP contribution >= 0.6 is 55.2 Å². The highest BCUT2D eigenvalue weighted by Gasteiger charge is 2.41. The third kappa shape index (κ3) is 3.65. The Kier molecular flexibility index (Phi) is 5.54. The summed E-state index contributed by atoms with van der Waals surface area (Å²) in [5.74, 6) is 0. The van der Waals surface area contributed by atoms with Crippen molar-refractivity contribution in [1.82, 2.24) is 4.98 Å². The van der Waals surface area contributed by atoms with Crippen molar-refractivity contribution in [3.8, 4) is 17.3 Å². The molecule has 0 amide bonds. The van der Waals surface area contributed by atoms with Gasteiger partial charge in [0, 0.05) is 5.02 Å². The van der Waals surface area contributed by atoms with Crippen molar-refractivity contribution in [3.63, 3.8) is 0 Å². The fourth-order valence-electron chi connectivity index (χ4n) is 1.64. The first kappa shape index (κ1) is 17.7. The summed E-state index contributed by atoms with van der Waals surface area (Å²) in [6.07, 6.45) is 0. The molecule has 9 heteroatoms. The molecule has 116 valence electrons. The van der Waals surface area contributed by atoms with Crippen molar-refractivity contribution in [3.05, 3.63) is 39.3 Å². The first-order valence-corrected chi connectivity index (χ1v) is 8.59. The van der Waals surface area contributed by atoms with Crippen molar-refractivity contribution in [2.75, 3.05) is 0 Å². The van der Waals surface area contributed by atoms with Gasteiger partial charge in [-0.05, 0) is 61.3 Å². The Bertz CT molecular complexity index is 726. The standard InChI is InChI=1S/C13H6Br2ClF3N2S/c14-9-8(5-20)10(6-1-3-7(16)4-2-6)21-11(9)22-13(18,19)12(15)17/h1-4,12,21H. The zero-order valence-corrected chi connectivity index (χ0v) is 15.3. The molecule has 0 fully saturated rings. The van der Waals surface area contributed by atoms with Crippen LogP contribution in [0.15, 0.2) is 33.8 Å². The van der Waals surface area contributed by atoms with Crippen molar-refractivity contribution in [2.24, 2.45) is 0 Å². The third-order valence-electron chi connectivity index (χ3n) is 2.64. The number of halogens is 6. The SMILES string of the molecule is N#Cc1c(-c2ccc(Cl)cc2)[nH]c(SC(F)(F)C(F)Br)c1Br. The zero-order chi connectivity index (χ0) is 16.5. The Morgan fingerprint density at radius 2 is 1.91 bits per heavy atom. The van der Waals surface area contributed by atoms with Gasteiger partial charge in [-0.25, -0.2) is 4.39 Å². The predicted molar refractivity (Wildman–Crippen MR) is 88.3 cm³/mol. The second-order valence-corrected chi connectivity index (χ2v) is 7.29. The number of thioether (sulfide) groups is 1. The number of aromatic amines is 1. The molecule has 0 aliphatic heterocycles. The molecule has 2 nitrogen and oxygen atoms in total. The molecule has 1 atom stereocenters. The topological polar surface area (TPSA) is 39.6 Å². The fraction of sp³-hybridized carbons (Fsp3) is 0.154. The number of H-pyrrole nitrogens is 1. The maximum absolute atomic E-state index is 13.5. The molecule has 0 saturated heterocycles. The van der Waals surface area contributed by atoms with Gasteiger partial charge in [0.05, 0.1) is 20.8 Å². The maximum Gasteiger partial charge on any atom is 0.340 e. The van der Waals surface area contributed by atoms with E-state index in [2.05, 4.69) is 36.8 Å². The highest BCUT2D eigenvalue weighted by atomic mass is 79.9. The van der Waals surface area contributed by atoms with E-state index in [-0.39, 0.29) is 26.8 Å². The molecule has 2 aromatic rings. The molecule has 0 aliphatic carbocycles. The lowest BCUT2D eigenvalue weighted by molar-refractivity contribution is 0.0602. The lowest BCUT2D eigenvalue weighted by Crippen LogP contribution is -2.20. The Morgan fingerprint density at radius 1 is 1.32 bits per heavy atom. The number of hydrogen-bond acceptors (Lipinski definition) is 2. The molecule has 1 unspecified atom stereocenters. The van der Waals surface area contributed by atoms with E-state index in [0.29, 0.717) is 16.3 Å². The van der Waals surface area contributed by atoms with E-state index in [0.717, 1.165) is 0 Å². The molecule has 1 N–H and O–H groups in total. The van der Waals surface area contributed by atoms with Crippen LogP contribution in [0, 0.1) is 11.3 Å². The second-order valence-electron chi connectivity index (χ2n) is 4.10. The molecular formula is C13H6Br2ClF3N2S. The van der Waals surface area contributed by atoms with E-state index < -0.39 is 10.3 Å². The third-order valence-corrected chi connectivity index (χ3v) is 5.82. The highest BCUT2D eigenvalue weighted by Crippen LogP contribution is 2.46. The monoisotopic (exact) mass is 472 g/mol. The van der Waals surface area contributed by atoms with Crippen LogP contribution in [0.3, 0.4) is 0 Å². The van der Waals surface area contributed by atoms with Crippen LogP contribution in [0.5, 0.6) is 0 Å². The Morgan fingerprint density at radius 3 is 2.41 bits per heavy atom. The Labute approximate surface area is 150 Å². The molecule has 1 aromatic carbocycles. The largest absolute Gasteiger partial charge is 0.347 e. The molecule has 0 aliphatic rings. The van der Waals surface area contributed by atoms with Crippen LogP contribution in [-0.4, -0.2) is 15.3 Å². The summed E-state index contributed by atoms with van der Waals surface area (Å²) in [4.78, 5) is 2.73. The lowest BCUT2D eigenvalue weighted by atomic mass is 10.1. The summed E-state index contributed by atoms with van der Waals surface area (Å²) >= 11 is 11.1. The van der Waals surface area contributed by atoms with Gasteiger partial charge in [0.1, 0.15) is 6.07 Å². The summed E-state index contributed by atoms with van der Waals surface area (Å²) < 4.78 is 40.1. The number of alkyl halides is 4. The van der Waals surface area contributed by atoms with Gasteiger partial charge in [0.2, 0.25) is 5.08 Å². The molecule has 1 heterocycles. The van der Waals surface area contributed by atoms with Gasteiger partial charge in [0.15, 0.2) is 0 Å². The predicted octanol–water partition coefficient (Wildman–Crippen LogP) is 6.34. The van der Waals surface area contributed by atoms with Crippen molar-refractivity contribution < 1.29 is 13.2 Å². The Hall–Kier alpha value is -0.620. The van der Waals surface area contributed by atoms with Crippen molar-refractivity contribution >= 4 is 55.2 Å². The number of nitriles is 1. The smallest absolute Gasteiger partial charge is 0.340 e. The first-order valence-electron chi connectivity index (χ1n) is 5.68. The van der Waals surface area contributed by atoms with Gasteiger partial charge in [0.25, 0.3) is 0 Å². The number of hydrogen-bond donors (Lipinski definition) is 1. The minimum atomic E-state index is -3.68. The highest BCUT2D eigenvalue weighted by molar-refractivity contribution is 9.10. The number of aromatic nitrogens is 1. The normalized spacial score (nSPS) is 13.0. The van der Waals surface area contributed by atoms with Crippen LogP contribution in [0.25, 0.3) is 11.3 Å². The van der Waals surface area contributed by atoms with E-state index in [1.54, 1.807) is 24.3 Å². The van der Waals surface area contributed by atoms with E-state index in [1.165, 1.54) is 0 Å². The zero-order valence-electron chi connectivity index (χ0n) is 10.5. The second kappa shape index (κ2) is 6.87. The van der Waals surface area contributed by atoms with Gasteiger partial charge in [-0.1, -0.05) is 23.7 Å². The van der Waals surface area contributed by atoms with Gasteiger partial charge in [-0.2, -0.15) is 14.0 Å². The molecule has 0 spiro atoms. The van der Waals surface area contributed by atoms with Crippen molar-refractivity contribution in [1.29, 1.82) is 5.26 Å².